The summed E-state index contributed by atoms with van der Waals surface area (Å²) in [6.45, 7) is 6.53. The number of carbonyl (C=O) groups is 1. The van der Waals surface area contributed by atoms with Gasteiger partial charge in [0.05, 0.1) is 0 Å². The second-order valence-corrected chi connectivity index (χ2v) is 8.57. The van der Waals surface area contributed by atoms with Crippen molar-refractivity contribution in [3.63, 3.8) is 0 Å². The maximum Gasteiger partial charge on any atom is 0.272 e. The number of aromatic amines is 1. The fourth-order valence-corrected chi connectivity index (χ4v) is 5.35. The number of hydrogen-bond acceptors (Lipinski definition) is 3. The zero-order valence-electron chi connectivity index (χ0n) is 15.4. The predicted molar refractivity (Wildman–Crippen MR) is 102 cm³/mol. The molecular weight excluding hydrogens is 350 g/mol. The van der Waals surface area contributed by atoms with Gasteiger partial charge in [-0.15, -0.1) is 0 Å². The standard InChI is InChI=1S/C19H25N3O3S/c1-4-15-7-9-16(10-8-15)21-19(23)17-13(2)18(14(3)20-17)26(24,25)22-11-5-6-12-22/h7-10,20H,4-6,11-12H2,1-3H3,(H,21,23). The first-order valence-corrected chi connectivity index (χ1v) is 10.4. The van der Waals surface area contributed by atoms with Crippen LogP contribution in [0.15, 0.2) is 29.2 Å². The minimum atomic E-state index is -3.57. The van der Waals surface area contributed by atoms with Crippen LogP contribution in [0.2, 0.25) is 0 Å². The number of nitrogens with zero attached hydrogens (tertiary/aromatic N) is 1. The Kier molecular flexibility index (Phi) is 5.20. The van der Waals surface area contributed by atoms with E-state index in [0.717, 1.165) is 19.3 Å². The number of sulfonamides is 1. The summed E-state index contributed by atoms with van der Waals surface area (Å²) >= 11 is 0. The molecule has 140 valence electrons. The molecule has 0 bridgehead atoms. The Bertz CT molecular complexity index is 908. The molecule has 26 heavy (non-hydrogen) atoms. The Morgan fingerprint density at radius 1 is 1.15 bits per heavy atom. The van der Waals surface area contributed by atoms with Crippen LogP contribution < -0.4 is 5.32 Å². The first-order chi connectivity index (χ1) is 12.3. The first kappa shape index (κ1) is 18.7. The van der Waals surface area contributed by atoms with Crippen molar-refractivity contribution in [2.45, 2.75) is 44.9 Å². The molecule has 1 aromatic carbocycles. The van der Waals surface area contributed by atoms with E-state index < -0.39 is 10.0 Å². The molecule has 2 N–H and O–H groups in total. The van der Waals surface area contributed by atoms with Crippen molar-refractivity contribution >= 4 is 21.6 Å². The van der Waals surface area contributed by atoms with E-state index in [4.69, 9.17) is 0 Å². The molecule has 0 radical (unpaired) electrons. The number of nitrogens with one attached hydrogen (secondary N) is 2. The van der Waals surface area contributed by atoms with Crippen molar-refractivity contribution in [1.82, 2.24) is 9.29 Å². The number of benzene rings is 1. The Hall–Kier alpha value is -2.12. The maximum atomic E-state index is 12.9. The van der Waals surface area contributed by atoms with E-state index in [-0.39, 0.29) is 10.8 Å². The van der Waals surface area contributed by atoms with Gasteiger partial charge in [0.1, 0.15) is 10.6 Å². The number of carbonyl (C=O) groups excluding carboxylic acids is 1. The molecule has 6 nitrogen and oxygen atoms in total. The number of rotatable bonds is 5. The zero-order valence-corrected chi connectivity index (χ0v) is 16.2. The summed E-state index contributed by atoms with van der Waals surface area (Å²) in [5, 5.41) is 2.83. The van der Waals surface area contributed by atoms with Crippen molar-refractivity contribution in [2.75, 3.05) is 18.4 Å². The molecule has 2 heterocycles. The van der Waals surface area contributed by atoms with E-state index in [0.29, 0.717) is 35.7 Å². The van der Waals surface area contributed by atoms with E-state index in [2.05, 4.69) is 17.2 Å². The summed E-state index contributed by atoms with van der Waals surface area (Å²) in [4.78, 5) is 15.8. The van der Waals surface area contributed by atoms with Gasteiger partial charge in [-0.05, 0) is 56.4 Å². The van der Waals surface area contributed by atoms with Gasteiger partial charge in [0.2, 0.25) is 10.0 Å². The van der Waals surface area contributed by atoms with Crippen LogP contribution in [0.1, 0.15) is 47.1 Å². The van der Waals surface area contributed by atoms with Crippen molar-refractivity contribution < 1.29 is 13.2 Å². The summed E-state index contributed by atoms with van der Waals surface area (Å²) in [5.41, 5.74) is 3.13. The predicted octanol–water partition coefficient (Wildman–Crippen LogP) is 3.23. The van der Waals surface area contributed by atoms with E-state index in [1.807, 2.05) is 24.3 Å². The first-order valence-electron chi connectivity index (χ1n) is 8.94. The molecular formula is C19H25N3O3S. The minimum Gasteiger partial charge on any atom is -0.353 e. The van der Waals surface area contributed by atoms with Gasteiger partial charge in [-0.3, -0.25) is 4.79 Å². The van der Waals surface area contributed by atoms with Crippen LogP contribution >= 0.6 is 0 Å². The Morgan fingerprint density at radius 2 is 1.77 bits per heavy atom. The Balaban J connectivity index is 1.88. The van der Waals surface area contributed by atoms with E-state index in [1.54, 1.807) is 13.8 Å². The summed E-state index contributed by atoms with van der Waals surface area (Å²) in [6.07, 6.45) is 2.69. The molecule has 1 fully saturated rings. The molecule has 0 saturated carbocycles. The Labute approximate surface area is 154 Å². The van der Waals surface area contributed by atoms with Crippen molar-refractivity contribution in [3.8, 4) is 0 Å². The third kappa shape index (κ3) is 3.41. The summed E-state index contributed by atoms with van der Waals surface area (Å²) in [6, 6.07) is 7.63. The third-order valence-electron chi connectivity index (χ3n) is 4.88. The second kappa shape index (κ2) is 7.25. The molecule has 0 unspecified atom stereocenters. The van der Waals surface area contributed by atoms with Gasteiger partial charge in [0.15, 0.2) is 0 Å². The smallest absolute Gasteiger partial charge is 0.272 e. The number of anilines is 1. The topological polar surface area (TPSA) is 82.3 Å². The maximum absolute atomic E-state index is 12.9. The SMILES string of the molecule is CCc1ccc(NC(=O)c2[nH]c(C)c(S(=O)(=O)N3CCCC3)c2C)cc1. The Morgan fingerprint density at radius 3 is 2.35 bits per heavy atom. The monoisotopic (exact) mass is 375 g/mol. The average molecular weight is 375 g/mol. The molecule has 3 rings (SSSR count). The van der Waals surface area contributed by atoms with Crippen molar-refractivity contribution in [3.05, 3.63) is 46.8 Å². The lowest BCUT2D eigenvalue weighted by atomic mass is 10.1. The second-order valence-electron chi connectivity index (χ2n) is 6.69. The number of aryl methyl sites for hydroxylation is 2. The lowest BCUT2D eigenvalue weighted by molar-refractivity contribution is 0.102. The highest BCUT2D eigenvalue weighted by Gasteiger charge is 2.33. The lowest BCUT2D eigenvalue weighted by Crippen LogP contribution is -2.28. The van der Waals surface area contributed by atoms with Crippen LogP contribution in [0.4, 0.5) is 5.69 Å². The van der Waals surface area contributed by atoms with Crippen molar-refractivity contribution in [2.24, 2.45) is 0 Å². The van der Waals surface area contributed by atoms with Gasteiger partial charge < -0.3 is 10.3 Å². The van der Waals surface area contributed by atoms with Gasteiger partial charge in [0, 0.05) is 24.5 Å². The average Bonchev–Trinajstić information content (AvgIpc) is 3.24. The van der Waals surface area contributed by atoms with Gasteiger partial charge in [-0.25, -0.2) is 8.42 Å². The molecule has 0 spiro atoms. The van der Waals surface area contributed by atoms with Gasteiger partial charge in [-0.2, -0.15) is 4.31 Å². The molecule has 1 aromatic heterocycles. The number of aromatic nitrogens is 1. The summed E-state index contributed by atoms with van der Waals surface area (Å²) in [7, 11) is -3.57. The van der Waals surface area contributed by atoms with E-state index in [9.17, 15) is 13.2 Å². The van der Waals surface area contributed by atoms with Crippen LogP contribution in [-0.2, 0) is 16.4 Å². The highest BCUT2D eigenvalue weighted by atomic mass is 32.2. The van der Waals surface area contributed by atoms with Crippen molar-refractivity contribution in [1.29, 1.82) is 0 Å². The molecule has 7 heteroatoms. The van der Waals surface area contributed by atoms with Crippen LogP contribution in [0, 0.1) is 13.8 Å². The summed E-state index contributed by atoms with van der Waals surface area (Å²) in [5.74, 6) is -0.335. The van der Waals surface area contributed by atoms with E-state index in [1.165, 1.54) is 9.87 Å². The van der Waals surface area contributed by atoms with Crippen LogP contribution in [0.5, 0.6) is 0 Å². The van der Waals surface area contributed by atoms with Crippen LogP contribution in [0.3, 0.4) is 0 Å². The molecule has 0 aliphatic carbocycles. The molecule has 2 aromatic rings. The minimum absolute atomic E-state index is 0.228. The fraction of sp³-hybridized carbons (Fsp3) is 0.421. The number of hydrogen-bond donors (Lipinski definition) is 2. The van der Waals surface area contributed by atoms with Crippen LogP contribution in [0.25, 0.3) is 0 Å². The van der Waals surface area contributed by atoms with Gasteiger partial charge in [0.25, 0.3) is 5.91 Å². The summed E-state index contributed by atoms with van der Waals surface area (Å²) < 4.78 is 27.3. The van der Waals surface area contributed by atoms with Crippen LogP contribution in [-0.4, -0.2) is 36.7 Å². The highest BCUT2D eigenvalue weighted by molar-refractivity contribution is 7.89. The largest absolute Gasteiger partial charge is 0.353 e. The molecule has 1 amide bonds. The van der Waals surface area contributed by atoms with E-state index >= 15 is 0 Å². The number of H-pyrrole nitrogens is 1. The quantitative estimate of drug-likeness (QED) is 0.842. The van der Waals surface area contributed by atoms with Gasteiger partial charge in [-0.1, -0.05) is 19.1 Å². The lowest BCUT2D eigenvalue weighted by Gasteiger charge is -2.16. The molecule has 1 aliphatic rings. The fourth-order valence-electron chi connectivity index (χ4n) is 3.42. The number of amides is 1. The molecule has 1 aliphatic heterocycles. The van der Waals surface area contributed by atoms with Gasteiger partial charge >= 0.3 is 0 Å². The zero-order chi connectivity index (χ0) is 18.9. The highest BCUT2D eigenvalue weighted by Crippen LogP contribution is 2.29. The third-order valence-corrected chi connectivity index (χ3v) is 7.05. The molecule has 1 saturated heterocycles. The molecule has 0 atom stereocenters. The normalized spacial score (nSPS) is 15.3.